The summed E-state index contributed by atoms with van der Waals surface area (Å²) in [6.07, 6.45) is -7.19. The minimum atomic E-state index is -1.59. The van der Waals surface area contributed by atoms with Crippen LogP contribution in [-0.4, -0.2) is 64.8 Å². The highest BCUT2D eigenvalue weighted by molar-refractivity contribution is 6.06. The number of ether oxygens (including phenoxy) is 3. The number of aliphatic hydroxyl groups excluding tert-OH is 4. The molecule has 4 N–H and O–H groups in total. The zero-order valence-electron chi connectivity index (χ0n) is 15.4. The number of hydrogen-bond donors (Lipinski definition) is 4. The molecule has 1 saturated heterocycles. The van der Waals surface area contributed by atoms with Crippen LogP contribution < -0.4 is 15.1 Å². The molecule has 9 heteroatoms. The quantitative estimate of drug-likeness (QED) is 0.353. The van der Waals surface area contributed by atoms with Crippen LogP contribution in [-0.2, 0) is 4.74 Å². The Bertz CT molecular complexity index is 1090. The van der Waals surface area contributed by atoms with Crippen molar-refractivity contribution >= 4 is 21.7 Å². The highest BCUT2D eigenvalue weighted by Gasteiger charge is 2.45. The number of hydrogen-bond acceptors (Lipinski definition) is 9. The van der Waals surface area contributed by atoms with Crippen LogP contribution in [0.2, 0.25) is 0 Å². The molecule has 1 aliphatic heterocycles. The van der Waals surface area contributed by atoms with Gasteiger partial charge in [0.15, 0.2) is 11.3 Å². The molecule has 2 heterocycles. The fraction of sp³-hybridized carbons (Fsp3) is 0.350. The molecule has 154 valence electrons. The van der Waals surface area contributed by atoms with E-state index >= 15 is 0 Å². The smallest absolute Gasteiger partial charge is 0.344 e. The third-order valence-corrected chi connectivity index (χ3v) is 5.00. The van der Waals surface area contributed by atoms with Crippen LogP contribution in [0.25, 0.3) is 21.7 Å². The lowest BCUT2D eigenvalue weighted by atomic mass is 9.99. The molecule has 0 amide bonds. The average Bonchev–Trinajstić information content (AvgIpc) is 2.74. The number of fused-ring (bicyclic) bond motifs is 3. The molecule has 0 aliphatic carbocycles. The van der Waals surface area contributed by atoms with Gasteiger partial charge in [0, 0.05) is 10.8 Å². The summed E-state index contributed by atoms with van der Waals surface area (Å²) in [6, 6.07) is 10.2. The molecule has 1 fully saturated rings. The summed E-state index contributed by atoms with van der Waals surface area (Å²) < 4.78 is 21.8. The van der Waals surface area contributed by atoms with E-state index in [0.717, 1.165) is 0 Å². The third kappa shape index (κ3) is 3.22. The number of rotatable bonds is 4. The first kappa shape index (κ1) is 19.6. The van der Waals surface area contributed by atoms with Gasteiger partial charge in [-0.3, -0.25) is 0 Å². The van der Waals surface area contributed by atoms with Gasteiger partial charge in [0.1, 0.15) is 24.4 Å². The van der Waals surface area contributed by atoms with E-state index in [1.807, 2.05) is 0 Å². The number of aliphatic hydroxyl groups is 4. The standard InChI is InChI=1S/C20H20O9/c1-26-18-12(27-20-16(24)15(23)14(22)13(8-21)28-20)7-6-10-9-4-2-3-5-11(9)19(25)29-17(10)18/h2-7,13-16,20-24H,8H2,1H3/t13-,14-,15+,16-,20-/m1/s1. The zero-order chi connectivity index (χ0) is 20.7. The van der Waals surface area contributed by atoms with Gasteiger partial charge < -0.3 is 39.1 Å². The van der Waals surface area contributed by atoms with Crippen LogP contribution in [0.3, 0.4) is 0 Å². The highest BCUT2D eigenvalue weighted by Crippen LogP contribution is 2.39. The largest absolute Gasteiger partial charge is 0.490 e. The Morgan fingerprint density at radius 3 is 2.38 bits per heavy atom. The van der Waals surface area contributed by atoms with Gasteiger partial charge in [0.2, 0.25) is 12.0 Å². The van der Waals surface area contributed by atoms with Gasteiger partial charge in [0.05, 0.1) is 19.1 Å². The fourth-order valence-electron chi connectivity index (χ4n) is 3.48. The van der Waals surface area contributed by atoms with Crippen molar-refractivity contribution in [3.63, 3.8) is 0 Å². The second-order valence-electron chi connectivity index (χ2n) is 6.72. The molecule has 0 bridgehead atoms. The van der Waals surface area contributed by atoms with Crippen molar-refractivity contribution in [3.05, 3.63) is 46.8 Å². The number of benzene rings is 2. The van der Waals surface area contributed by atoms with Crippen LogP contribution in [0.1, 0.15) is 0 Å². The molecule has 0 unspecified atom stereocenters. The number of methoxy groups -OCH3 is 1. The Hall–Kier alpha value is -2.69. The van der Waals surface area contributed by atoms with E-state index in [2.05, 4.69) is 0 Å². The second-order valence-corrected chi connectivity index (χ2v) is 6.72. The van der Waals surface area contributed by atoms with Gasteiger partial charge >= 0.3 is 5.63 Å². The highest BCUT2D eigenvalue weighted by atomic mass is 16.7. The van der Waals surface area contributed by atoms with Crippen LogP contribution in [0, 0.1) is 0 Å². The Morgan fingerprint density at radius 1 is 0.966 bits per heavy atom. The molecule has 1 aromatic heterocycles. The summed E-state index contributed by atoms with van der Waals surface area (Å²) in [5.41, 5.74) is -0.394. The van der Waals surface area contributed by atoms with Gasteiger partial charge in [-0.15, -0.1) is 0 Å². The first-order chi connectivity index (χ1) is 14.0. The minimum Gasteiger partial charge on any atom is -0.490 e. The summed E-state index contributed by atoms with van der Waals surface area (Å²) in [5, 5.41) is 41.1. The second kappa shape index (κ2) is 7.62. The van der Waals surface area contributed by atoms with Gasteiger partial charge in [-0.25, -0.2) is 4.79 Å². The minimum absolute atomic E-state index is 0.0859. The maximum atomic E-state index is 12.4. The molecule has 2 aromatic carbocycles. The van der Waals surface area contributed by atoms with E-state index in [1.165, 1.54) is 7.11 Å². The van der Waals surface area contributed by atoms with E-state index in [0.29, 0.717) is 16.2 Å². The molecule has 9 nitrogen and oxygen atoms in total. The molecular formula is C20H20O9. The van der Waals surface area contributed by atoms with Crippen molar-refractivity contribution in [1.82, 2.24) is 0 Å². The molecule has 0 radical (unpaired) electrons. The lowest BCUT2D eigenvalue weighted by Crippen LogP contribution is -2.60. The summed E-state index contributed by atoms with van der Waals surface area (Å²) >= 11 is 0. The van der Waals surface area contributed by atoms with Crippen molar-refractivity contribution in [1.29, 1.82) is 0 Å². The van der Waals surface area contributed by atoms with E-state index in [-0.39, 0.29) is 17.1 Å². The first-order valence-electron chi connectivity index (χ1n) is 8.96. The Labute approximate surface area is 164 Å². The van der Waals surface area contributed by atoms with E-state index < -0.39 is 42.9 Å². The normalized spacial score (nSPS) is 27.3. The molecule has 0 saturated carbocycles. The van der Waals surface area contributed by atoms with Gasteiger partial charge in [-0.1, -0.05) is 18.2 Å². The van der Waals surface area contributed by atoms with Crippen LogP contribution in [0.4, 0.5) is 0 Å². The monoisotopic (exact) mass is 404 g/mol. The molecular weight excluding hydrogens is 384 g/mol. The van der Waals surface area contributed by atoms with E-state index in [1.54, 1.807) is 36.4 Å². The van der Waals surface area contributed by atoms with Crippen LogP contribution in [0.5, 0.6) is 11.5 Å². The SMILES string of the molecule is COc1c(O[C@@H]2O[C@H](CO)[C@@H](O)[C@H](O)[C@H]2O)ccc2c1oc(=O)c1ccccc12. The van der Waals surface area contributed by atoms with Crippen molar-refractivity contribution < 1.29 is 39.1 Å². The molecule has 1 aliphatic rings. The average molecular weight is 404 g/mol. The van der Waals surface area contributed by atoms with Crippen molar-refractivity contribution in [2.24, 2.45) is 0 Å². The van der Waals surface area contributed by atoms with Gasteiger partial charge in [0.25, 0.3) is 0 Å². The Balaban J connectivity index is 1.78. The Morgan fingerprint density at radius 2 is 1.69 bits per heavy atom. The van der Waals surface area contributed by atoms with Crippen molar-refractivity contribution in [3.8, 4) is 11.5 Å². The van der Waals surface area contributed by atoms with Crippen molar-refractivity contribution in [2.45, 2.75) is 30.7 Å². The first-order valence-corrected chi connectivity index (χ1v) is 8.96. The van der Waals surface area contributed by atoms with Crippen LogP contribution >= 0.6 is 0 Å². The molecule has 3 aromatic rings. The zero-order valence-corrected chi connectivity index (χ0v) is 15.4. The van der Waals surface area contributed by atoms with Gasteiger partial charge in [-0.2, -0.15) is 0 Å². The van der Waals surface area contributed by atoms with E-state index in [9.17, 15) is 25.2 Å². The summed E-state index contributed by atoms with van der Waals surface area (Å²) in [7, 11) is 1.37. The lowest BCUT2D eigenvalue weighted by Gasteiger charge is -2.39. The predicted octanol–water partition coefficient (Wildman–Crippen LogP) is 0.133. The van der Waals surface area contributed by atoms with Crippen molar-refractivity contribution in [2.75, 3.05) is 13.7 Å². The van der Waals surface area contributed by atoms with Crippen LogP contribution in [0.15, 0.2) is 45.6 Å². The van der Waals surface area contributed by atoms with Gasteiger partial charge in [-0.05, 0) is 18.2 Å². The Kier molecular flexibility index (Phi) is 5.15. The van der Waals surface area contributed by atoms with E-state index in [4.69, 9.17) is 18.6 Å². The summed E-state index contributed by atoms with van der Waals surface area (Å²) in [4.78, 5) is 12.4. The summed E-state index contributed by atoms with van der Waals surface area (Å²) in [6.45, 7) is -0.583. The maximum absolute atomic E-state index is 12.4. The molecule has 4 rings (SSSR count). The summed E-state index contributed by atoms with van der Waals surface area (Å²) in [5.74, 6) is 0.185. The topological polar surface area (TPSA) is 139 Å². The fourth-order valence-corrected chi connectivity index (χ4v) is 3.48. The molecule has 5 atom stereocenters. The molecule has 0 spiro atoms. The maximum Gasteiger partial charge on any atom is 0.344 e. The third-order valence-electron chi connectivity index (χ3n) is 5.00. The lowest BCUT2D eigenvalue weighted by molar-refractivity contribution is -0.277. The predicted molar refractivity (Wildman–Crippen MR) is 101 cm³/mol. The molecule has 29 heavy (non-hydrogen) atoms.